The van der Waals surface area contributed by atoms with Crippen molar-refractivity contribution < 1.29 is 33.6 Å². The van der Waals surface area contributed by atoms with E-state index in [0.717, 1.165) is 0 Å². The molecule has 0 heterocycles. The minimum absolute atomic E-state index is 0.139. The average molecular weight is 348 g/mol. The van der Waals surface area contributed by atoms with Crippen molar-refractivity contribution in [1.82, 2.24) is 0 Å². The van der Waals surface area contributed by atoms with Crippen molar-refractivity contribution in [3.8, 4) is 34.5 Å². The van der Waals surface area contributed by atoms with Crippen molar-refractivity contribution in [2.75, 3.05) is 35.5 Å². The fourth-order valence-corrected chi connectivity index (χ4v) is 2.49. The number of phenols is 1. The fraction of sp³-hybridized carbons (Fsp3) is 0.278. The molecule has 0 amide bonds. The van der Waals surface area contributed by atoms with Gasteiger partial charge in [0.25, 0.3) is 0 Å². The summed E-state index contributed by atoms with van der Waals surface area (Å²) in [6.07, 6.45) is 0. The van der Waals surface area contributed by atoms with E-state index in [1.165, 1.54) is 53.7 Å². The van der Waals surface area contributed by atoms with Crippen molar-refractivity contribution in [2.24, 2.45) is 0 Å². The zero-order chi connectivity index (χ0) is 18.6. The van der Waals surface area contributed by atoms with Gasteiger partial charge in [0.05, 0.1) is 41.1 Å². The molecule has 25 heavy (non-hydrogen) atoms. The van der Waals surface area contributed by atoms with E-state index >= 15 is 0 Å². The van der Waals surface area contributed by atoms with Crippen LogP contribution in [-0.4, -0.2) is 46.4 Å². The molecule has 0 saturated carbocycles. The summed E-state index contributed by atoms with van der Waals surface area (Å²) in [6, 6.07) is 5.88. The molecule has 2 aromatic carbocycles. The minimum atomic E-state index is -0.381. The monoisotopic (exact) mass is 348 g/mol. The van der Waals surface area contributed by atoms with E-state index < -0.39 is 0 Å². The van der Waals surface area contributed by atoms with Gasteiger partial charge in [-0.3, -0.25) is 4.79 Å². The number of hydrogen-bond acceptors (Lipinski definition) is 7. The van der Waals surface area contributed by atoms with Crippen LogP contribution in [0.4, 0.5) is 0 Å². The Bertz CT molecular complexity index is 783. The van der Waals surface area contributed by atoms with Crippen LogP contribution in [0.25, 0.3) is 0 Å². The lowest BCUT2D eigenvalue weighted by Crippen LogP contribution is -2.07. The standard InChI is InChI=1S/C18H20O7/c1-21-13-7-6-10(8-12(13)19)15(20)11-9-14(22-2)17(24-4)18(25-5)16(11)23-3/h6-9,19H,1-5H3. The van der Waals surface area contributed by atoms with E-state index in [-0.39, 0.29) is 39.9 Å². The van der Waals surface area contributed by atoms with Crippen molar-refractivity contribution in [1.29, 1.82) is 0 Å². The highest BCUT2D eigenvalue weighted by atomic mass is 16.5. The summed E-state index contributed by atoms with van der Waals surface area (Å²) >= 11 is 0. The molecule has 0 fully saturated rings. The summed E-state index contributed by atoms with van der Waals surface area (Å²) in [5.74, 6) is 0.838. The topological polar surface area (TPSA) is 83.5 Å². The molecule has 0 bridgehead atoms. The molecule has 1 N–H and O–H groups in total. The van der Waals surface area contributed by atoms with Gasteiger partial charge in [0.1, 0.15) is 0 Å². The number of carbonyl (C=O) groups excluding carboxylic acids is 1. The highest BCUT2D eigenvalue weighted by molar-refractivity contribution is 6.12. The van der Waals surface area contributed by atoms with Gasteiger partial charge in [-0.05, 0) is 24.3 Å². The Balaban J connectivity index is 2.64. The van der Waals surface area contributed by atoms with Gasteiger partial charge in [0.2, 0.25) is 11.5 Å². The van der Waals surface area contributed by atoms with Gasteiger partial charge in [-0.1, -0.05) is 0 Å². The molecule has 0 aliphatic carbocycles. The molecule has 7 nitrogen and oxygen atoms in total. The maximum Gasteiger partial charge on any atom is 0.208 e. The number of rotatable bonds is 7. The third-order valence-corrected chi connectivity index (χ3v) is 3.67. The summed E-state index contributed by atoms with van der Waals surface area (Å²) in [5.41, 5.74) is 0.465. The fourth-order valence-electron chi connectivity index (χ4n) is 2.49. The summed E-state index contributed by atoms with van der Waals surface area (Å²) in [4.78, 5) is 12.9. The molecular formula is C18H20O7. The summed E-state index contributed by atoms with van der Waals surface area (Å²) in [6.45, 7) is 0. The number of aromatic hydroxyl groups is 1. The largest absolute Gasteiger partial charge is 0.504 e. The van der Waals surface area contributed by atoms with Gasteiger partial charge in [-0.25, -0.2) is 0 Å². The molecule has 2 rings (SSSR count). The molecule has 0 aliphatic rings. The number of methoxy groups -OCH3 is 5. The van der Waals surface area contributed by atoms with E-state index in [1.54, 1.807) is 6.07 Å². The zero-order valence-electron chi connectivity index (χ0n) is 14.7. The van der Waals surface area contributed by atoms with Crippen LogP contribution in [0, 0.1) is 0 Å². The van der Waals surface area contributed by atoms with Gasteiger partial charge in [0.15, 0.2) is 28.8 Å². The Labute approximate surface area is 145 Å². The van der Waals surface area contributed by atoms with Crippen LogP contribution in [0.15, 0.2) is 24.3 Å². The van der Waals surface area contributed by atoms with E-state index in [0.29, 0.717) is 11.5 Å². The predicted molar refractivity (Wildman–Crippen MR) is 90.7 cm³/mol. The molecule has 2 aromatic rings. The maximum atomic E-state index is 12.9. The van der Waals surface area contributed by atoms with Crippen LogP contribution in [0.3, 0.4) is 0 Å². The van der Waals surface area contributed by atoms with Crippen molar-refractivity contribution in [3.05, 3.63) is 35.4 Å². The Morgan fingerprint density at radius 2 is 1.36 bits per heavy atom. The number of ether oxygens (including phenoxy) is 5. The third kappa shape index (κ3) is 3.26. The molecule has 0 spiro atoms. The maximum absolute atomic E-state index is 12.9. The highest BCUT2D eigenvalue weighted by Crippen LogP contribution is 2.47. The molecule has 0 unspecified atom stereocenters. The number of carbonyl (C=O) groups is 1. The normalized spacial score (nSPS) is 10.1. The highest BCUT2D eigenvalue weighted by Gasteiger charge is 2.26. The van der Waals surface area contributed by atoms with E-state index in [4.69, 9.17) is 23.7 Å². The minimum Gasteiger partial charge on any atom is -0.504 e. The molecule has 0 atom stereocenters. The number of benzene rings is 2. The van der Waals surface area contributed by atoms with E-state index in [9.17, 15) is 9.90 Å². The van der Waals surface area contributed by atoms with Crippen LogP contribution in [0.5, 0.6) is 34.5 Å². The first-order chi connectivity index (χ1) is 12.0. The Morgan fingerprint density at radius 1 is 0.760 bits per heavy atom. The number of ketones is 1. The number of hydrogen-bond donors (Lipinski definition) is 1. The lowest BCUT2D eigenvalue weighted by molar-refractivity contribution is 0.103. The third-order valence-electron chi connectivity index (χ3n) is 3.67. The zero-order valence-corrected chi connectivity index (χ0v) is 14.7. The van der Waals surface area contributed by atoms with Gasteiger partial charge in [-0.2, -0.15) is 0 Å². The molecule has 0 aliphatic heterocycles. The Kier molecular flexibility index (Phi) is 5.59. The van der Waals surface area contributed by atoms with Gasteiger partial charge < -0.3 is 28.8 Å². The van der Waals surface area contributed by atoms with E-state index in [1.807, 2.05) is 0 Å². The van der Waals surface area contributed by atoms with Crippen LogP contribution in [0.1, 0.15) is 15.9 Å². The molecule has 0 saturated heterocycles. The molecular weight excluding hydrogens is 328 g/mol. The second-order valence-electron chi connectivity index (χ2n) is 4.94. The second-order valence-corrected chi connectivity index (χ2v) is 4.94. The second kappa shape index (κ2) is 7.65. The molecule has 0 radical (unpaired) electrons. The molecule has 134 valence electrons. The summed E-state index contributed by atoms with van der Waals surface area (Å²) in [5, 5.41) is 9.92. The molecule has 0 aromatic heterocycles. The quantitative estimate of drug-likeness (QED) is 0.770. The first-order valence-electron chi connectivity index (χ1n) is 7.30. The first kappa shape index (κ1) is 18.3. The van der Waals surface area contributed by atoms with Crippen molar-refractivity contribution >= 4 is 5.78 Å². The van der Waals surface area contributed by atoms with Crippen molar-refractivity contribution in [3.63, 3.8) is 0 Å². The smallest absolute Gasteiger partial charge is 0.208 e. The summed E-state index contributed by atoms with van der Waals surface area (Å²) in [7, 11) is 7.21. The lowest BCUT2D eigenvalue weighted by Gasteiger charge is -2.18. The number of phenolic OH excluding ortho intramolecular Hbond substituents is 1. The van der Waals surface area contributed by atoms with Crippen LogP contribution in [0.2, 0.25) is 0 Å². The van der Waals surface area contributed by atoms with Crippen LogP contribution < -0.4 is 23.7 Å². The summed E-state index contributed by atoms with van der Waals surface area (Å²) < 4.78 is 26.3. The van der Waals surface area contributed by atoms with Gasteiger partial charge >= 0.3 is 0 Å². The van der Waals surface area contributed by atoms with Gasteiger partial charge in [-0.15, -0.1) is 0 Å². The Hall–Kier alpha value is -3.09. The van der Waals surface area contributed by atoms with E-state index in [2.05, 4.69) is 0 Å². The predicted octanol–water partition coefficient (Wildman–Crippen LogP) is 2.67. The van der Waals surface area contributed by atoms with Crippen molar-refractivity contribution in [2.45, 2.75) is 0 Å². The molecule has 7 heteroatoms. The van der Waals surface area contributed by atoms with Gasteiger partial charge in [0, 0.05) is 5.56 Å². The average Bonchev–Trinajstić information content (AvgIpc) is 2.65. The van der Waals surface area contributed by atoms with Crippen LogP contribution >= 0.6 is 0 Å². The lowest BCUT2D eigenvalue weighted by atomic mass is 10.0. The Morgan fingerprint density at radius 3 is 1.84 bits per heavy atom. The SMILES string of the molecule is COc1ccc(C(=O)c2cc(OC)c(OC)c(OC)c2OC)cc1O. The first-order valence-corrected chi connectivity index (χ1v) is 7.30. The van der Waals surface area contributed by atoms with Crippen LogP contribution in [-0.2, 0) is 0 Å².